The summed E-state index contributed by atoms with van der Waals surface area (Å²) in [5.74, 6) is 2.28. The molecule has 3 rings (SSSR count). The molecule has 0 amide bonds. The van der Waals surface area contributed by atoms with Crippen molar-refractivity contribution in [1.29, 1.82) is 0 Å². The summed E-state index contributed by atoms with van der Waals surface area (Å²) in [6, 6.07) is 17.8. The van der Waals surface area contributed by atoms with Crippen molar-refractivity contribution in [3.63, 3.8) is 0 Å². The van der Waals surface area contributed by atoms with Gasteiger partial charge < -0.3 is 4.74 Å². The summed E-state index contributed by atoms with van der Waals surface area (Å²) in [5.41, 5.74) is 6.94. The molecular weight excluding hydrogens is 348 g/mol. The molecule has 0 unspecified atom stereocenters. The zero-order valence-corrected chi connectivity index (χ0v) is 16.6. The number of hydrogen-bond acceptors (Lipinski definition) is 5. The molecule has 1 aromatic heterocycles. The molecule has 0 atom stereocenters. The van der Waals surface area contributed by atoms with Gasteiger partial charge in [-0.1, -0.05) is 43.7 Å². The molecule has 0 saturated carbocycles. The molecule has 0 aliphatic heterocycles. The summed E-state index contributed by atoms with van der Waals surface area (Å²) in [6.45, 7) is 6.88. The Morgan fingerprint density at radius 3 is 2.46 bits per heavy atom. The predicted octanol–water partition coefficient (Wildman–Crippen LogP) is 5.39. The van der Waals surface area contributed by atoms with Gasteiger partial charge in [0.15, 0.2) is 11.6 Å². The van der Waals surface area contributed by atoms with Gasteiger partial charge in [-0.15, -0.1) is 0 Å². The molecular formula is C23H26N4O. The summed E-state index contributed by atoms with van der Waals surface area (Å²) >= 11 is 0. The lowest BCUT2D eigenvalue weighted by molar-refractivity contribution is 0.309. The van der Waals surface area contributed by atoms with Crippen LogP contribution >= 0.6 is 0 Å². The maximum absolute atomic E-state index is 5.68. The number of benzene rings is 2. The maximum Gasteiger partial charge on any atom is 0.161 e. The van der Waals surface area contributed by atoms with Crippen molar-refractivity contribution in [2.24, 2.45) is 5.10 Å². The smallest absolute Gasteiger partial charge is 0.161 e. The van der Waals surface area contributed by atoms with Crippen LogP contribution in [-0.2, 0) is 0 Å². The van der Waals surface area contributed by atoms with Gasteiger partial charge in [-0.25, -0.2) is 9.97 Å². The highest BCUT2D eigenvalue weighted by molar-refractivity contribution is 5.80. The van der Waals surface area contributed by atoms with E-state index in [1.54, 1.807) is 6.21 Å². The summed E-state index contributed by atoms with van der Waals surface area (Å²) in [4.78, 5) is 9.23. The van der Waals surface area contributed by atoms with Gasteiger partial charge in [-0.05, 0) is 50.1 Å². The molecule has 0 aliphatic carbocycles. The van der Waals surface area contributed by atoms with E-state index in [-0.39, 0.29) is 0 Å². The number of hydrogen-bond donors (Lipinski definition) is 1. The van der Waals surface area contributed by atoms with Gasteiger partial charge >= 0.3 is 0 Å². The molecule has 1 heterocycles. The molecule has 2 aromatic carbocycles. The molecule has 5 heteroatoms. The highest BCUT2D eigenvalue weighted by atomic mass is 16.5. The number of anilines is 1. The van der Waals surface area contributed by atoms with Crippen LogP contribution in [-0.4, -0.2) is 22.8 Å². The zero-order chi connectivity index (χ0) is 19.8. The first-order valence-corrected chi connectivity index (χ1v) is 9.60. The fourth-order valence-corrected chi connectivity index (χ4v) is 2.61. The van der Waals surface area contributed by atoms with Gasteiger partial charge in [0, 0.05) is 16.8 Å². The zero-order valence-electron chi connectivity index (χ0n) is 16.6. The number of nitrogens with zero attached hydrogens (tertiary/aromatic N) is 3. The SMILES string of the molecule is CCCCOc1ccc(C=NNc2nc(-c3ccccc3)nc(C)c2C)cc1. The normalized spacial score (nSPS) is 11.0. The second-order valence-electron chi connectivity index (χ2n) is 6.61. The third kappa shape index (κ3) is 5.16. The standard InChI is InChI=1S/C23H26N4O/c1-4-5-15-28-21-13-11-19(12-14-21)16-24-27-22-17(2)18(3)25-23(26-22)20-9-7-6-8-10-20/h6-14,16H,4-5,15H2,1-3H3,(H,25,26,27). The number of unbranched alkanes of at least 4 members (excludes halogenated alkanes) is 1. The van der Waals surface area contributed by atoms with Crippen LogP contribution in [0.1, 0.15) is 36.6 Å². The van der Waals surface area contributed by atoms with Crippen LogP contribution in [0.5, 0.6) is 5.75 Å². The van der Waals surface area contributed by atoms with Crippen molar-refractivity contribution in [1.82, 2.24) is 9.97 Å². The first-order valence-electron chi connectivity index (χ1n) is 9.60. The van der Waals surface area contributed by atoms with Crippen LogP contribution in [0.4, 0.5) is 5.82 Å². The van der Waals surface area contributed by atoms with Crippen LogP contribution in [0.15, 0.2) is 59.7 Å². The Bertz CT molecular complexity index is 921. The van der Waals surface area contributed by atoms with Crippen LogP contribution < -0.4 is 10.2 Å². The minimum atomic E-state index is 0.690. The van der Waals surface area contributed by atoms with Crippen molar-refractivity contribution in [2.75, 3.05) is 12.0 Å². The van der Waals surface area contributed by atoms with Crippen LogP contribution in [0.2, 0.25) is 0 Å². The molecule has 144 valence electrons. The molecule has 3 aromatic rings. The average Bonchev–Trinajstić information content (AvgIpc) is 2.73. The van der Waals surface area contributed by atoms with Gasteiger partial charge in [-0.2, -0.15) is 5.10 Å². The molecule has 0 radical (unpaired) electrons. The predicted molar refractivity (Wildman–Crippen MR) is 115 cm³/mol. The monoisotopic (exact) mass is 374 g/mol. The van der Waals surface area contributed by atoms with Gasteiger partial charge in [0.05, 0.1) is 12.8 Å². The van der Waals surface area contributed by atoms with Crippen LogP contribution in [0.25, 0.3) is 11.4 Å². The van der Waals surface area contributed by atoms with E-state index >= 15 is 0 Å². The van der Waals surface area contributed by atoms with E-state index in [2.05, 4.69) is 27.4 Å². The fraction of sp³-hybridized carbons (Fsp3) is 0.261. The lowest BCUT2D eigenvalue weighted by Crippen LogP contribution is -2.03. The Morgan fingerprint density at radius 1 is 1.00 bits per heavy atom. The van der Waals surface area contributed by atoms with Crippen molar-refractivity contribution in [2.45, 2.75) is 33.6 Å². The van der Waals surface area contributed by atoms with Crippen molar-refractivity contribution < 1.29 is 4.74 Å². The lowest BCUT2D eigenvalue weighted by Gasteiger charge is -2.09. The summed E-state index contributed by atoms with van der Waals surface area (Å²) < 4.78 is 5.68. The molecule has 0 spiro atoms. The van der Waals surface area contributed by atoms with E-state index in [0.717, 1.165) is 47.6 Å². The topological polar surface area (TPSA) is 59.4 Å². The number of rotatable bonds is 8. The Balaban J connectivity index is 1.69. The molecule has 0 aliphatic rings. The minimum Gasteiger partial charge on any atom is -0.494 e. The van der Waals surface area contributed by atoms with Crippen molar-refractivity contribution in [3.05, 3.63) is 71.4 Å². The van der Waals surface area contributed by atoms with Gasteiger partial charge in [0.25, 0.3) is 0 Å². The minimum absolute atomic E-state index is 0.690. The molecule has 1 N–H and O–H groups in total. The van der Waals surface area contributed by atoms with Crippen LogP contribution in [0, 0.1) is 13.8 Å². The first-order chi connectivity index (χ1) is 13.7. The highest BCUT2D eigenvalue weighted by Crippen LogP contribution is 2.21. The second-order valence-corrected chi connectivity index (χ2v) is 6.61. The Hall–Kier alpha value is -3.21. The third-order valence-electron chi connectivity index (χ3n) is 4.45. The number of ether oxygens (including phenoxy) is 1. The Kier molecular flexibility index (Phi) is 6.73. The number of nitrogens with one attached hydrogen (secondary N) is 1. The van der Waals surface area contributed by atoms with Crippen molar-refractivity contribution >= 4 is 12.0 Å². The third-order valence-corrected chi connectivity index (χ3v) is 4.45. The summed E-state index contributed by atoms with van der Waals surface area (Å²) in [6.07, 6.45) is 3.97. The first kappa shape index (κ1) is 19.5. The van der Waals surface area contributed by atoms with Gasteiger partial charge in [0.1, 0.15) is 5.75 Å². The van der Waals surface area contributed by atoms with E-state index in [9.17, 15) is 0 Å². The molecule has 0 fully saturated rings. The second kappa shape index (κ2) is 9.65. The lowest BCUT2D eigenvalue weighted by atomic mass is 10.2. The van der Waals surface area contributed by atoms with Crippen molar-refractivity contribution in [3.8, 4) is 17.1 Å². The maximum atomic E-state index is 5.68. The van der Waals surface area contributed by atoms with E-state index in [4.69, 9.17) is 4.74 Å². The van der Waals surface area contributed by atoms with Gasteiger partial charge in [-0.3, -0.25) is 5.43 Å². The highest BCUT2D eigenvalue weighted by Gasteiger charge is 2.09. The quantitative estimate of drug-likeness (QED) is 0.326. The van der Waals surface area contributed by atoms with E-state index in [1.165, 1.54) is 0 Å². The Morgan fingerprint density at radius 2 is 1.75 bits per heavy atom. The number of hydrazone groups is 1. The summed E-state index contributed by atoms with van der Waals surface area (Å²) in [5, 5.41) is 4.35. The molecule has 0 bridgehead atoms. The van der Waals surface area contributed by atoms with Gasteiger partial charge in [0.2, 0.25) is 0 Å². The molecule has 28 heavy (non-hydrogen) atoms. The van der Waals surface area contributed by atoms with Crippen LogP contribution in [0.3, 0.4) is 0 Å². The molecule has 0 saturated heterocycles. The number of aromatic nitrogens is 2. The van der Waals surface area contributed by atoms with E-state index in [1.807, 2.05) is 68.4 Å². The fourth-order valence-electron chi connectivity index (χ4n) is 2.61. The largest absolute Gasteiger partial charge is 0.494 e. The van der Waals surface area contributed by atoms with E-state index in [0.29, 0.717) is 11.6 Å². The van der Waals surface area contributed by atoms with E-state index < -0.39 is 0 Å². The molecule has 5 nitrogen and oxygen atoms in total. The number of aryl methyl sites for hydroxylation is 1. The average molecular weight is 374 g/mol. The Labute approximate surface area is 166 Å². The summed E-state index contributed by atoms with van der Waals surface area (Å²) in [7, 11) is 0.